The Kier molecular flexibility index (Phi) is 6.69. The molecule has 124 valence electrons. The highest BCUT2D eigenvalue weighted by molar-refractivity contribution is 7.99. The van der Waals surface area contributed by atoms with E-state index in [-0.39, 0.29) is 11.7 Å². The fraction of sp³-hybridized carbons (Fsp3) is 0.357. The van der Waals surface area contributed by atoms with Gasteiger partial charge in [0.15, 0.2) is 5.82 Å². The first kappa shape index (κ1) is 17.6. The first-order chi connectivity index (χ1) is 11.1. The average Bonchev–Trinajstić information content (AvgIpc) is 3.02. The first-order valence-electron chi connectivity index (χ1n) is 6.78. The molecule has 1 amide bonds. The van der Waals surface area contributed by atoms with Crippen molar-refractivity contribution in [2.75, 3.05) is 33.1 Å². The fourth-order valence-corrected chi connectivity index (χ4v) is 2.57. The number of hydrogen-bond donors (Lipinski definition) is 2. The summed E-state index contributed by atoms with van der Waals surface area (Å²) in [5, 5.41) is 10.7. The van der Waals surface area contributed by atoms with Crippen LogP contribution in [0.3, 0.4) is 0 Å². The molecule has 0 saturated carbocycles. The molecule has 1 aromatic carbocycles. The summed E-state index contributed by atoms with van der Waals surface area (Å²) >= 11 is 7.25. The van der Waals surface area contributed by atoms with Crippen molar-refractivity contribution in [3.05, 3.63) is 23.2 Å². The van der Waals surface area contributed by atoms with Gasteiger partial charge in [-0.25, -0.2) is 4.98 Å². The Balaban J connectivity index is 1.98. The molecule has 2 rings (SSSR count). The van der Waals surface area contributed by atoms with E-state index in [0.717, 1.165) is 0 Å². The lowest BCUT2D eigenvalue weighted by molar-refractivity contribution is -0.118. The third-order valence-corrected chi connectivity index (χ3v) is 3.92. The third-order valence-electron chi connectivity index (χ3n) is 2.84. The Hall–Kier alpha value is -1.77. The van der Waals surface area contributed by atoms with Crippen molar-refractivity contribution in [1.29, 1.82) is 0 Å². The van der Waals surface area contributed by atoms with Crippen LogP contribution in [-0.4, -0.2) is 54.2 Å². The smallest absolute Gasteiger partial charge is 0.230 e. The maximum absolute atomic E-state index is 11.6. The van der Waals surface area contributed by atoms with E-state index in [9.17, 15) is 4.79 Å². The highest BCUT2D eigenvalue weighted by Gasteiger charge is 2.13. The second-order valence-electron chi connectivity index (χ2n) is 4.44. The number of hydrogen-bond acceptors (Lipinski definition) is 6. The molecule has 23 heavy (non-hydrogen) atoms. The van der Waals surface area contributed by atoms with Crippen molar-refractivity contribution in [1.82, 2.24) is 20.5 Å². The van der Waals surface area contributed by atoms with Gasteiger partial charge in [0.05, 0.1) is 25.0 Å². The Bertz CT molecular complexity index is 665. The molecule has 0 radical (unpaired) electrons. The highest BCUT2D eigenvalue weighted by atomic mass is 35.5. The molecule has 0 unspecified atom stereocenters. The van der Waals surface area contributed by atoms with Gasteiger partial charge >= 0.3 is 0 Å². The zero-order valence-electron chi connectivity index (χ0n) is 12.8. The van der Waals surface area contributed by atoms with Crippen LogP contribution in [0.2, 0.25) is 5.02 Å². The number of amides is 1. The molecule has 1 heterocycles. The largest absolute Gasteiger partial charge is 0.496 e. The molecule has 2 N–H and O–H groups in total. The number of ether oxygens (including phenoxy) is 2. The minimum absolute atomic E-state index is 0.0984. The van der Waals surface area contributed by atoms with Crippen LogP contribution >= 0.6 is 23.4 Å². The van der Waals surface area contributed by atoms with Crippen LogP contribution in [0.15, 0.2) is 23.4 Å². The van der Waals surface area contributed by atoms with Crippen LogP contribution in [0.5, 0.6) is 5.75 Å². The molecular weight excluding hydrogens is 340 g/mol. The van der Waals surface area contributed by atoms with Gasteiger partial charge in [-0.2, -0.15) is 0 Å². The van der Waals surface area contributed by atoms with Gasteiger partial charge < -0.3 is 14.8 Å². The van der Waals surface area contributed by atoms with E-state index in [4.69, 9.17) is 21.1 Å². The van der Waals surface area contributed by atoms with Gasteiger partial charge in [-0.3, -0.25) is 9.89 Å². The lowest BCUT2D eigenvalue weighted by Gasteiger charge is -2.05. The molecule has 1 aromatic heterocycles. The number of aromatic nitrogens is 3. The van der Waals surface area contributed by atoms with Crippen molar-refractivity contribution < 1.29 is 14.3 Å². The number of halogens is 1. The molecule has 0 fully saturated rings. The van der Waals surface area contributed by atoms with Crippen LogP contribution < -0.4 is 10.1 Å². The average molecular weight is 357 g/mol. The van der Waals surface area contributed by atoms with Crippen molar-refractivity contribution in [3.63, 3.8) is 0 Å². The van der Waals surface area contributed by atoms with E-state index in [1.54, 1.807) is 32.4 Å². The summed E-state index contributed by atoms with van der Waals surface area (Å²) in [7, 11) is 3.16. The number of methoxy groups -OCH3 is 2. The van der Waals surface area contributed by atoms with Gasteiger partial charge in [-0.15, -0.1) is 5.10 Å². The third kappa shape index (κ3) is 5.12. The van der Waals surface area contributed by atoms with Crippen LogP contribution in [0.4, 0.5) is 0 Å². The number of H-pyrrole nitrogens is 1. The molecule has 0 aliphatic rings. The molecule has 0 saturated heterocycles. The molecule has 0 bridgehead atoms. The van der Waals surface area contributed by atoms with E-state index < -0.39 is 0 Å². The minimum atomic E-state index is -0.0984. The van der Waals surface area contributed by atoms with Crippen LogP contribution in [0.25, 0.3) is 11.4 Å². The van der Waals surface area contributed by atoms with E-state index in [1.165, 1.54) is 11.8 Å². The second-order valence-corrected chi connectivity index (χ2v) is 5.82. The molecule has 7 nitrogen and oxygen atoms in total. The van der Waals surface area contributed by atoms with Crippen molar-refractivity contribution in [2.45, 2.75) is 5.16 Å². The van der Waals surface area contributed by atoms with Crippen LogP contribution in [0, 0.1) is 0 Å². The zero-order chi connectivity index (χ0) is 16.7. The quantitative estimate of drug-likeness (QED) is 0.555. The lowest BCUT2D eigenvalue weighted by atomic mass is 10.2. The Morgan fingerprint density at radius 2 is 2.26 bits per heavy atom. The van der Waals surface area contributed by atoms with E-state index in [0.29, 0.717) is 40.5 Å². The summed E-state index contributed by atoms with van der Waals surface area (Å²) in [5.41, 5.74) is 0.712. The van der Waals surface area contributed by atoms with Crippen LogP contribution in [-0.2, 0) is 9.53 Å². The van der Waals surface area contributed by atoms with Gasteiger partial charge in [0.25, 0.3) is 0 Å². The van der Waals surface area contributed by atoms with Gasteiger partial charge in [-0.05, 0) is 18.2 Å². The molecule has 0 atom stereocenters. The van der Waals surface area contributed by atoms with Crippen molar-refractivity contribution in [3.8, 4) is 17.1 Å². The van der Waals surface area contributed by atoms with Crippen molar-refractivity contribution in [2.24, 2.45) is 0 Å². The molecule has 0 spiro atoms. The molecular formula is C14H17ClN4O3S. The number of carbonyl (C=O) groups is 1. The Morgan fingerprint density at radius 3 is 3.00 bits per heavy atom. The maximum Gasteiger partial charge on any atom is 0.230 e. The van der Waals surface area contributed by atoms with E-state index in [1.807, 2.05) is 0 Å². The van der Waals surface area contributed by atoms with Crippen molar-refractivity contribution >= 4 is 29.3 Å². The van der Waals surface area contributed by atoms with Gasteiger partial charge in [0.1, 0.15) is 5.75 Å². The standard InChI is InChI=1S/C14H17ClN4O3S/c1-21-6-5-16-12(20)8-23-14-17-13(18-19-14)10-7-9(15)3-4-11(10)22-2/h3-4,7H,5-6,8H2,1-2H3,(H,16,20)(H,17,18,19). The van der Waals surface area contributed by atoms with Gasteiger partial charge in [0.2, 0.25) is 11.1 Å². The number of aromatic amines is 1. The maximum atomic E-state index is 11.6. The summed E-state index contributed by atoms with van der Waals surface area (Å²) in [6, 6.07) is 5.24. The predicted octanol–water partition coefficient (Wildman–Crippen LogP) is 1.99. The summed E-state index contributed by atoms with van der Waals surface area (Å²) in [4.78, 5) is 16.0. The highest BCUT2D eigenvalue weighted by Crippen LogP contribution is 2.31. The molecule has 2 aromatic rings. The number of rotatable bonds is 8. The van der Waals surface area contributed by atoms with Gasteiger partial charge in [0, 0.05) is 18.7 Å². The zero-order valence-corrected chi connectivity index (χ0v) is 14.3. The number of benzene rings is 1. The summed E-state index contributed by atoms with van der Waals surface area (Å²) < 4.78 is 10.2. The number of carbonyl (C=O) groups excluding carboxylic acids is 1. The molecule has 0 aliphatic heterocycles. The van der Waals surface area contributed by atoms with Gasteiger partial charge in [-0.1, -0.05) is 23.4 Å². The monoisotopic (exact) mass is 356 g/mol. The Morgan fingerprint density at radius 1 is 1.43 bits per heavy atom. The summed E-state index contributed by atoms with van der Waals surface area (Å²) in [5.74, 6) is 1.30. The van der Waals surface area contributed by atoms with Crippen LogP contribution in [0.1, 0.15) is 0 Å². The normalized spacial score (nSPS) is 10.6. The van der Waals surface area contributed by atoms with E-state index in [2.05, 4.69) is 20.5 Å². The number of nitrogens with one attached hydrogen (secondary N) is 2. The minimum Gasteiger partial charge on any atom is -0.496 e. The fourth-order valence-electron chi connectivity index (χ4n) is 1.77. The molecule has 0 aliphatic carbocycles. The topological polar surface area (TPSA) is 89.1 Å². The summed E-state index contributed by atoms with van der Waals surface area (Å²) in [6.07, 6.45) is 0. The van der Waals surface area contributed by atoms with E-state index >= 15 is 0 Å². The Labute approximate surface area is 143 Å². The predicted molar refractivity (Wildman–Crippen MR) is 89.0 cm³/mol. The second kappa shape index (κ2) is 8.76. The number of nitrogens with zero attached hydrogens (tertiary/aromatic N) is 2. The number of thioether (sulfide) groups is 1. The first-order valence-corrected chi connectivity index (χ1v) is 8.15. The SMILES string of the molecule is COCCNC(=O)CSc1n[nH]c(-c2cc(Cl)ccc2OC)n1. The lowest BCUT2D eigenvalue weighted by Crippen LogP contribution is -2.28. The molecule has 9 heteroatoms. The summed E-state index contributed by atoms with van der Waals surface area (Å²) in [6.45, 7) is 0.963.